The average molecular weight is 535 g/mol. The summed E-state index contributed by atoms with van der Waals surface area (Å²) in [5.41, 5.74) is 8.48. The van der Waals surface area contributed by atoms with Crippen LogP contribution in [0.4, 0.5) is 0 Å². The van der Waals surface area contributed by atoms with Crippen LogP contribution in [0, 0.1) is 61.2 Å². The van der Waals surface area contributed by atoms with Gasteiger partial charge in [0.2, 0.25) is 0 Å². The van der Waals surface area contributed by atoms with E-state index >= 15 is 0 Å². The fourth-order valence-corrected chi connectivity index (χ4v) is 10.7. The number of hydrogen-bond donors (Lipinski definition) is 0. The second-order valence-corrected chi connectivity index (χ2v) is 14.6. The van der Waals surface area contributed by atoms with E-state index < -0.39 is 0 Å². The van der Waals surface area contributed by atoms with Gasteiger partial charge in [-0.05, 0) is 149 Å². The Bertz CT molecular complexity index is 1180. The molecular weight excluding hydrogens is 488 g/mol. The predicted molar refractivity (Wildman–Crippen MR) is 162 cm³/mol. The van der Waals surface area contributed by atoms with E-state index in [1.54, 1.807) is 11.1 Å². The first-order valence-electron chi connectivity index (χ1n) is 16.4. The van der Waals surface area contributed by atoms with Crippen LogP contribution in [0.2, 0.25) is 0 Å². The van der Waals surface area contributed by atoms with E-state index in [0.717, 1.165) is 47.3 Å². The van der Waals surface area contributed by atoms with E-state index in [4.69, 9.17) is 9.47 Å². The molecule has 0 heterocycles. The van der Waals surface area contributed by atoms with Gasteiger partial charge >= 0.3 is 0 Å². The number of aryl methyl sites for hydroxylation is 2. The highest BCUT2D eigenvalue weighted by molar-refractivity contribution is 5.67. The molecule has 0 amide bonds. The molecule has 0 saturated heterocycles. The standard InChI is InChI=1S/C38H46O2/c1-23-5-3-7-29(11-23)37(35-31-15-25-13-26(17-31)18-32(35)16-25)39-9-10-40-38(30-8-4-6-24(2)12-30)36-33-19-27-14-28(21-33)22-34(36)20-27/h3-8,11-12,25-28,31-34H,9-10,13-22H2,1-2H3. The second kappa shape index (κ2) is 10.1. The first-order chi connectivity index (χ1) is 19.6. The summed E-state index contributed by atoms with van der Waals surface area (Å²) in [5.74, 6) is 9.13. The van der Waals surface area contributed by atoms with Gasteiger partial charge in [-0.15, -0.1) is 0 Å². The van der Waals surface area contributed by atoms with Gasteiger partial charge in [-0.1, -0.05) is 47.5 Å². The van der Waals surface area contributed by atoms with Gasteiger partial charge in [0.25, 0.3) is 0 Å². The van der Waals surface area contributed by atoms with Crippen LogP contribution in [0.15, 0.2) is 59.7 Å². The minimum atomic E-state index is 0.613. The summed E-state index contributed by atoms with van der Waals surface area (Å²) in [4.78, 5) is 0. The van der Waals surface area contributed by atoms with E-state index in [9.17, 15) is 0 Å². The highest BCUT2D eigenvalue weighted by Gasteiger charge is 2.48. The summed E-state index contributed by atoms with van der Waals surface area (Å²) in [7, 11) is 0. The number of rotatable bonds is 7. The first kappa shape index (κ1) is 25.2. The Morgan fingerprint density at radius 2 is 0.875 bits per heavy atom. The molecule has 0 radical (unpaired) electrons. The van der Waals surface area contributed by atoms with Crippen molar-refractivity contribution in [1.82, 2.24) is 0 Å². The molecule has 8 saturated carbocycles. The van der Waals surface area contributed by atoms with Crippen LogP contribution in [0.1, 0.15) is 86.5 Å². The lowest BCUT2D eigenvalue weighted by atomic mass is 9.54. The van der Waals surface area contributed by atoms with Gasteiger partial charge in [0.1, 0.15) is 24.7 Å². The maximum atomic E-state index is 6.86. The summed E-state index contributed by atoms with van der Waals surface area (Å²) in [6.07, 6.45) is 14.0. The number of hydrogen-bond acceptors (Lipinski definition) is 2. The van der Waals surface area contributed by atoms with E-state index in [1.165, 1.54) is 98.0 Å². The van der Waals surface area contributed by atoms with E-state index in [1.807, 2.05) is 0 Å². The summed E-state index contributed by atoms with van der Waals surface area (Å²) in [6, 6.07) is 18.0. The maximum absolute atomic E-state index is 6.86. The molecule has 0 spiro atoms. The second-order valence-electron chi connectivity index (χ2n) is 14.6. The molecule has 8 bridgehead atoms. The van der Waals surface area contributed by atoms with Crippen molar-refractivity contribution in [3.63, 3.8) is 0 Å². The lowest BCUT2D eigenvalue weighted by Gasteiger charge is -2.52. The summed E-state index contributed by atoms with van der Waals surface area (Å²) in [6.45, 7) is 5.64. The third-order valence-electron chi connectivity index (χ3n) is 11.7. The molecule has 2 nitrogen and oxygen atoms in total. The summed E-state index contributed by atoms with van der Waals surface area (Å²) < 4.78 is 13.7. The topological polar surface area (TPSA) is 18.5 Å². The van der Waals surface area contributed by atoms with Crippen molar-refractivity contribution in [2.24, 2.45) is 47.3 Å². The first-order valence-corrected chi connectivity index (χ1v) is 16.4. The Kier molecular flexibility index (Phi) is 6.38. The monoisotopic (exact) mass is 534 g/mol. The van der Waals surface area contributed by atoms with Gasteiger partial charge in [0.15, 0.2) is 0 Å². The largest absolute Gasteiger partial charge is 0.489 e. The van der Waals surface area contributed by atoms with Gasteiger partial charge in [0.05, 0.1) is 0 Å². The summed E-state index contributed by atoms with van der Waals surface area (Å²) >= 11 is 0. The van der Waals surface area contributed by atoms with Gasteiger partial charge in [0, 0.05) is 11.1 Å². The summed E-state index contributed by atoms with van der Waals surface area (Å²) in [5, 5.41) is 0. The van der Waals surface area contributed by atoms with Crippen LogP contribution < -0.4 is 0 Å². The Morgan fingerprint density at radius 3 is 1.20 bits per heavy atom. The molecule has 0 N–H and O–H groups in total. The van der Waals surface area contributed by atoms with Crippen LogP contribution in [0.3, 0.4) is 0 Å². The highest BCUT2D eigenvalue weighted by Crippen LogP contribution is 2.59. The lowest BCUT2D eigenvalue weighted by Crippen LogP contribution is -2.41. The van der Waals surface area contributed by atoms with Crippen LogP contribution >= 0.6 is 0 Å². The molecular formula is C38H46O2. The molecule has 8 aliphatic rings. The third kappa shape index (κ3) is 4.54. The lowest BCUT2D eigenvalue weighted by molar-refractivity contribution is 0.0629. The Labute approximate surface area is 241 Å². The quantitative estimate of drug-likeness (QED) is 0.260. The molecule has 0 aliphatic heterocycles. The molecule has 10 rings (SSSR count). The highest BCUT2D eigenvalue weighted by atomic mass is 16.5. The van der Waals surface area contributed by atoms with Crippen molar-refractivity contribution in [3.8, 4) is 0 Å². The van der Waals surface area contributed by atoms with Gasteiger partial charge in [-0.3, -0.25) is 0 Å². The minimum Gasteiger partial charge on any atom is -0.489 e. The van der Waals surface area contributed by atoms with Crippen LogP contribution in [0.25, 0.3) is 11.5 Å². The zero-order valence-electron chi connectivity index (χ0n) is 24.5. The van der Waals surface area contributed by atoms with Crippen molar-refractivity contribution in [3.05, 3.63) is 81.9 Å². The molecule has 2 heteroatoms. The Hall–Kier alpha value is -2.48. The smallest absolute Gasteiger partial charge is 0.126 e. The number of allylic oxidation sites excluding steroid dienone is 2. The average Bonchev–Trinajstić information content (AvgIpc) is 2.92. The fraction of sp³-hybridized carbons (Fsp3) is 0.579. The van der Waals surface area contributed by atoms with Crippen molar-refractivity contribution in [2.45, 2.75) is 78.1 Å². The zero-order valence-corrected chi connectivity index (χ0v) is 24.5. The third-order valence-corrected chi connectivity index (χ3v) is 11.7. The van der Waals surface area contributed by atoms with Crippen molar-refractivity contribution >= 4 is 11.5 Å². The molecule has 0 aromatic heterocycles. The number of ether oxygens (including phenoxy) is 2. The molecule has 0 atom stereocenters. The minimum absolute atomic E-state index is 0.613. The molecule has 2 aromatic carbocycles. The molecule has 210 valence electrons. The molecule has 0 unspecified atom stereocenters. The van der Waals surface area contributed by atoms with Crippen LogP contribution in [-0.2, 0) is 9.47 Å². The maximum Gasteiger partial charge on any atom is 0.126 e. The van der Waals surface area contributed by atoms with Crippen molar-refractivity contribution < 1.29 is 9.47 Å². The van der Waals surface area contributed by atoms with Crippen molar-refractivity contribution in [1.29, 1.82) is 0 Å². The fourth-order valence-electron chi connectivity index (χ4n) is 10.7. The van der Waals surface area contributed by atoms with E-state index in [2.05, 4.69) is 62.4 Å². The molecule has 8 fully saturated rings. The Balaban J connectivity index is 1.07. The van der Waals surface area contributed by atoms with Gasteiger partial charge in [-0.25, -0.2) is 0 Å². The SMILES string of the molecule is Cc1cccc(C(OCCOC(=C2C3CC4CC(C3)CC2C4)c2cccc(C)c2)=C2C3CC4CC(C3)CC2C4)c1. The Morgan fingerprint density at radius 1 is 0.525 bits per heavy atom. The number of benzene rings is 2. The van der Waals surface area contributed by atoms with Crippen LogP contribution in [-0.4, -0.2) is 13.2 Å². The van der Waals surface area contributed by atoms with Gasteiger partial charge < -0.3 is 9.47 Å². The van der Waals surface area contributed by atoms with Gasteiger partial charge in [-0.2, -0.15) is 0 Å². The zero-order chi connectivity index (χ0) is 26.8. The molecule has 40 heavy (non-hydrogen) atoms. The normalized spacial score (nSPS) is 34.9. The predicted octanol–water partition coefficient (Wildman–Crippen LogP) is 9.37. The van der Waals surface area contributed by atoms with E-state index in [-0.39, 0.29) is 0 Å². The molecule has 2 aromatic rings. The van der Waals surface area contributed by atoms with Crippen molar-refractivity contribution in [2.75, 3.05) is 13.2 Å². The van der Waals surface area contributed by atoms with Crippen LogP contribution in [0.5, 0.6) is 0 Å². The molecule has 8 aliphatic carbocycles. The van der Waals surface area contributed by atoms with E-state index in [0.29, 0.717) is 13.2 Å².